The Labute approximate surface area is 70.4 Å². The van der Waals surface area contributed by atoms with Crippen LogP contribution in [0.5, 0.6) is 0 Å². The van der Waals surface area contributed by atoms with E-state index in [0.29, 0.717) is 0 Å². The Morgan fingerprint density at radius 1 is 1.64 bits per heavy atom. The van der Waals surface area contributed by atoms with Crippen LogP contribution in [0.3, 0.4) is 0 Å². The van der Waals surface area contributed by atoms with Crippen LogP contribution in [0.25, 0.3) is 0 Å². The summed E-state index contributed by atoms with van der Waals surface area (Å²) < 4.78 is 0. The van der Waals surface area contributed by atoms with Crippen molar-refractivity contribution in [3.8, 4) is 0 Å². The Hall–Kier alpha value is -0.610. The van der Waals surface area contributed by atoms with E-state index >= 15 is 0 Å². The van der Waals surface area contributed by atoms with Gasteiger partial charge in [0.05, 0.1) is 6.20 Å². The topological polar surface area (TPSA) is 51.8 Å². The summed E-state index contributed by atoms with van der Waals surface area (Å²) in [6.07, 6.45) is 5.09. The number of nitrogens with two attached hydrogens (primary N) is 1. The zero-order chi connectivity index (χ0) is 8.10. The molecule has 2 N–H and O–H groups in total. The van der Waals surface area contributed by atoms with Gasteiger partial charge in [-0.25, -0.2) is 4.98 Å². The molecule has 0 aliphatic heterocycles. The van der Waals surface area contributed by atoms with Crippen molar-refractivity contribution in [2.45, 2.75) is 18.0 Å². The van der Waals surface area contributed by atoms with Gasteiger partial charge in [-0.2, -0.15) is 0 Å². The summed E-state index contributed by atoms with van der Waals surface area (Å²) >= 11 is 1.63. The van der Waals surface area contributed by atoms with Gasteiger partial charge in [0.1, 0.15) is 5.03 Å². The van der Waals surface area contributed by atoms with E-state index in [1.165, 1.54) is 0 Å². The monoisotopic (exact) mass is 169 g/mol. The maximum atomic E-state index is 5.57. The first kappa shape index (κ1) is 8.49. The number of nitrogens with zero attached hydrogens (tertiary/aromatic N) is 2. The third kappa shape index (κ3) is 3.34. The normalized spacial score (nSPS) is 12.9. The number of hydrogen-bond donors (Lipinski definition) is 1. The minimum absolute atomic E-state index is 0.210. The Balaban J connectivity index is 2.39. The van der Waals surface area contributed by atoms with Gasteiger partial charge in [0.15, 0.2) is 0 Å². The van der Waals surface area contributed by atoms with Crippen LogP contribution in [0.15, 0.2) is 23.6 Å². The van der Waals surface area contributed by atoms with E-state index in [1.807, 2.05) is 6.92 Å². The van der Waals surface area contributed by atoms with Crippen molar-refractivity contribution < 1.29 is 0 Å². The second kappa shape index (κ2) is 4.31. The summed E-state index contributed by atoms with van der Waals surface area (Å²) in [5.41, 5.74) is 5.57. The average molecular weight is 169 g/mol. The molecule has 0 aromatic carbocycles. The lowest BCUT2D eigenvalue weighted by atomic mass is 10.4. The summed E-state index contributed by atoms with van der Waals surface area (Å²) in [6.45, 7) is 1.98. The van der Waals surface area contributed by atoms with Crippen LogP contribution >= 0.6 is 11.8 Å². The van der Waals surface area contributed by atoms with Gasteiger partial charge in [-0.15, -0.1) is 11.8 Å². The van der Waals surface area contributed by atoms with Crippen molar-refractivity contribution in [3.05, 3.63) is 18.6 Å². The third-order valence-electron chi connectivity index (χ3n) is 1.03. The summed E-state index contributed by atoms with van der Waals surface area (Å²) in [6, 6.07) is 0.210. The molecule has 0 saturated carbocycles. The number of thioether (sulfide) groups is 1. The highest BCUT2D eigenvalue weighted by Crippen LogP contribution is 2.12. The van der Waals surface area contributed by atoms with E-state index in [4.69, 9.17) is 5.73 Å². The van der Waals surface area contributed by atoms with Crippen molar-refractivity contribution in [2.24, 2.45) is 5.73 Å². The second-order valence-corrected chi connectivity index (χ2v) is 3.37. The lowest BCUT2D eigenvalue weighted by molar-refractivity contribution is 0.845. The molecule has 60 valence electrons. The van der Waals surface area contributed by atoms with Crippen molar-refractivity contribution >= 4 is 11.8 Å². The van der Waals surface area contributed by atoms with Gasteiger partial charge in [-0.1, -0.05) is 0 Å². The lowest BCUT2D eigenvalue weighted by Gasteiger charge is -2.01. The molecule has 0 saturated heterocycles. The molecule has 0 aliphatic rings. The van der Waals surface area contributed by atoms with Crippen molar-refractivity contribution in [1.82, 2.24) is 9.97 Å². The van der Waals surface area contributed by atoms with Gasteiger partial charge < -0.3 is 5.73 Å². The molecule has 0 spiro atoms. The fourth-order valence-corrected chi connectivity index (χ4v) is 1.28. The molecule has 1 rings (SSSR count). The van der Waals surface area contributed by atoms with Crippen molar-refractivity contribution in [2.75, 3.05) is 5.75 Å². The van der Waals surface area contributed by atoms with E-state index in [-0.39, 0.29) is 6.04 Å². The van der Waals surface area contributed by atoms with Gasteiger partial charge in [-0.3, -0.25) is 4.98 Å². The molecule has 0 bridgehead atoms. The second-order valence-electron chi connectivity index (χ2n) is 2.33. The molecule has 1 atom stereocenters. The van der Waals surface area contributed by atoms with Crippen LogP contribution in [0.2, 0.25) is 0 Å². The van der Waals surface area contributed by atoms with E-state index in [2.05, 4.69) is 9.97 Å². The first-order valence-corrected chi connectivity index (χ1v) is 4.42. The largest absolute Gasteiger partial charge is 0.327 e. The molecule has 1 heterocycles. The number of aromatic nitrogens is 2. The predicted molar refractivity (Wildman–Crippen MR) is 46.4 cm³/mol. The SMILES string of the molecule is C[C@@H](N)CSc1cnccn1. The highest BCUT2D eigenvalue weighted by Gasteiger charge is 1.96. The minimum Gasteiger partial charge on any atom is -0.327 e. The summed E-state index contributed by atoms with van der Waals surface area (Å²) in [7, 11) is 0. The van der Waals surface area contributed by atoms with E-state index in [1.54, 1.807) is 30.4 Å². The van der Waals surface area contributed by atoms with Gasteiger partial charge >= 0.3 is 0 Å². The smallest absolute Gasteiger partial charge is 0.114 e. The standard InChI is InChI=1S/C7H11N3S/c1-6(8)5-11-7-4-9-2-3-10-7/h2-4,6H,5,8H2,1H3/t6-/m1/s1. The molecule has 3 nitrogen and oxygen atoms in total. The molecule has 1 aromatic heterocycles. The molecule has 0 amide bonds. The van der Waals surface area contributed by atoms with Crippen LogP contribution in [-0.2, 0) is 0 Å². The van der Waals surface area contributed by atoms with Crippen molar-refractivity contribution in [1.29, 1.82) is 0 Å². The van der Waals surface area contributed by atoms with Crippen LogP contribution in [0.1, 0.15) is 6.92 Å². The van der Waals surface area contributed by atoms with Gasteiger partial charge in [-0.05, 0) is 6.92 Å². The molecular formula is C7H11N3S. The summed E-state index contributed by atoms with van der Waals surface area (Å²) in [4.78, 5) is 8.03. The Kier molecular flexibility index (Phi) is 3.32. The summed E-state index contributed by atoms with van der Waals surface area (Å²) in [5.74, 6) is 0.888. The minimum atomic E-state index is 0.210. The first-order chi connectivity index (χ1) is 5.29. The zero-order valence-corrected chi connectivity index (χ0v) is 7.21. The number of hydrogen-bond acceptors (Lipinski definition) is 4. The van der Waals surface area contributed by atoms with E-state index in [0.717, 1.165) is 10.8 Å². The fourth-order valence-electron chi connectivity index (χ4n) is 0.577. The maximum absolute atomic E-state index is 5.57. The molecule has 1 aromatic rings. The highest BCUT2D eigenvalue weighted by atomic mass is 32.2. The Morgan fingerprint density at radius 2 is 2.45 bits per heavy atom. The van der Waals surface area contributed by atoms with Gasteiger partial charge in [0, 0.05) is 24.2 Å². The molecule has 11 heavy (non-hydrogen) atoms. The molecule has 4 heteroatoms. The molecule has 0 radical (unpaired) electrons. The maximum Gasteiger partial charge on any atom is 0.114 e. The van der Waals surface area contributed by atoms with Crippen molar-refractivity contribution in [3.63, 3.8) is 0 Å². The van der Waals surface area contributed by atoms with E-state index in [9.17, 15) is 0 Å². The van der Waals surface area contributed by atoms with Gasteiger partial charge in [0.2, 0.25) is 0 Å². The molecule has 0 aliphatic carbocycles. The Bertz CT molecular complexity index is 200. The van der Waals surface area contributed by atoms with E-state index < -0.39 is 0 Å². The number of rotatable bonds is 3. The van der Waals surface area contributed by atoms with Crippen LogP contribution < -0.4 is 5.73 Å². The Morgan fingerprint density at radius 3 is 3.00 bits per heavy atom. The molecule has 0 fully saturated rings. The van der Waals surface area contributed by atoms with Crippen LogP contribution in [-0.4, -0.2) is 21.8 Å². The quantitative estimate of drug-likeness (QED) is 0.683. The highest BCUT2D eigenvalue weighted by molar-refractivity contribution is 7.99. The van der Waals surface area contributed by atoms with Gasteiger partial charge in [0.25, 0.3) is 0 Å². The predicted octanol–water partition coefficient (Wildman–Crippen LogP) is 0.916. The third-order valence-corrected chi connectivity index (χ3v) is 2.23. The zero-order valence-electron chi connectivity index (χ0n) is 6.40. The first-order valence-electron chi connectivity index (χ1n) is 3.43. The molecular weight excluding hydrogens is 158 g/mol. The fraction of sp³-hybridized carbons (Fsp3) is 0.429. The molecule has 0 unspecified atom stereocenters. The van der Waals surface area contributed by atoms with Crippen LogP contribution in [0, 0.1) is 0 Å². The summed E-state index contributed by atoms with van der Waals surface area (Å²) in [5, 5.41) is 0.935. The lowest BCUT2D eigenvalue weighted by Crippen LogP contribution is -2.17. The average Bonchev–Trinajstić information content (AvgIpc) is 2.03. The van der Waals surface area contributed by atoms with Crippen LogP contribution in [0.4, 0.5) is 0 Å².